The SMILES string of the molecule is CC1CC(c2ccc3c4c(cccc24)C(=O)CC3=O)=NN1c1ccccc1. The van der Waals surface area contributed by atoms with Crippen molar-refractivity contribution >= 4 is 33.7 Å². The van der Waals surface area contributed by atoms with Crippen molar-refractivity contribution in [3.05, 3.63) is 77.4 Å². The number of carbonyl (C=O) groups is 2. The molecule has 4 nitrogen and oxygen atoms in total. The number of carbonyl (C=O) groups excluding carboxylic acids is 2. The van der Waals surface area contributed by atoms with Crippen LogP contribution in [0.1, 0.15) is 46.0 Å². The van der Waals surface area contributed by atoms with Crippen LogP contribution in [0.5, 0.6) is 0 Å². The molecule has 0 N–H and O–H groups in total. The van der Waals surface area contributed by atoms with Crippen molar-refractivity contribution < 1.29 is 9.59 Å². The number of hydrogen-bond donors (Lipinski definition) is 0. The van der Waals surface area contributed by atoms with Gasteiger partial charge in [-0.15, -0.1) is 0 Å². The molecule has 0 saturated carbocycles. The lowest BCUT2D eigenvalue weighted by Crippen LogP contribution is -2.22. The van der Waals surface area contributed by atoms with E-state index in [0.717, 1.165) is 34.2 Å². The third-order valence-corrected chi connectivity index (χ3v) is 5.43. The van der Waals surface area contributed by atoms with E-state index in [1.165, 1.54) is 0 Å². The van der Waals surface area contributed by atoms with Gasteiger partial charge in [-0.1, -0.05) is 48.5 Å². The lowest BCUT2D eigenvalue weighted by Gasteiger charge is -2.19. The van der Waals surface area contributed by atoms with Crippen LogP contribution in [0.2, 0.25) is 0 Å². The normalized spacial score (nSPS) is 18.9. The number of para-hydroxylation sites is 1. The highest BCUT2D eigenvalue weighted by molar-refractivity contribution is 6.29. The molecule has 0 spiro atoms. The van der Waals surface area contributed by atoms with Crippen molar-refractivity contribution in [1.82, 2.24) is 0 Å². The van der Waals surface area contributed by atoms with Crippen LogP contribution in [0.15, 0.2) is 65.8 Å². The summed E-state index contributed by atoms with van der Waals surface area (Å²) in [6.45, 7) is 2.15. The first-order valence-electron chi connectivity index (χ1n) is 9.18. The van der Waals surface area contributed by atoms with Crippen LogP contribution in [0.3, 0.4) is 0 Å². The van der Waals surface area contributed by atoms with Crippen LogP contribution in [0, 0.1) is 0 Å². The number of hydrogen-bond acceptors (Lipinski definition) is 4. The summed E-state index contributed by atoms with van der Waals surface area (Å²) >= 11 is 0. The molecule has 132 valence electrons. The predicted octanol–water partition coefficient (Wildman–Crippen LogP) is 4.61. The number of benzene rings is 3. The van der Waals surface area contributed by atoms with E-state index in [1.54, 1.807) is 0 Å². The topological polar surface area (TPSA) is 49.7 Å². The minimum absolute atomic E-state index is 0.0365. The molecule has 1 heterocycles. The molecule has 0 saturated heterocycles. The number of anilines is 1. The van der Waals surface area contributed by atoms with Gasteiger partial charge in [0.05, 0.1) is 23.9 Å². The second-order valence-corrected chi connectivity index (χ2v) is 7.19. The van der Waals surface area contributed by atoms with Crippen LogP contribution >= 0.6 is 0 Å². The van der Waals surface area contributed by atoms with Crippen LogP contribution in [0.4, 0.5) is 5.69 Å². The highest BCUT2D eigenvalue weighted by Gasteiger charge is 2.29. The van der Waals surface area contributed by atoms with Crippen LogP contribution < -0.4 is 5.01 Å². The summed E-state index contributed by atoms with van der Waals surface area (Å²) in [5.74, 6) is -0.189. The molecule has 0 aromatic heterocycles. The monoisotopic (exact) mass is 354 g/mol. The van der Waals surface area contributed by atoms with Gasteiger partial charge in [-0.2, -0.15) is 5.10 Å². The Morgan fingerprint density at radius 3 is 2.33 bits per heavy atom. The lowest BCUT2D eigenvalue weighted by atomic mass is 9.84. The number of rotatable bonds is 2. The van der Waals surface area contributed by atoms with Crippen molar-refractivity contribution in [3.8, 4) is 0 Å². The summed E-state index contributed by atoms with van der Waals surface area (Å²) in [4.78, 5) is 24.7. The molecular formula is C23H18N2O2. The molecule has 1 aliphatic heterocycles. The molecule has 4 heteroatoms. The molecule has 0 bridgehead atoms. The molecule has 0 radical (unpaired) electrons. The van der Waals surface area contributed by atoms with Crippen molar-refractivity contribution in [2.24, 2.45) is 5.10 Å². The minimum atomic E-state index is -0.0945. The van der Waals surface area contributed by atoms with E-state index >= 15 is 0 Å². The van der Waals surface area contributed by atoms with Gasteiger partial charge in [0.1, 0.15) is 0 Å². The number of nitrogens with zero attached hydrogens (tertiary/aromatic N) is 2. The highest BCUT2D eigenvalue weighted by atomic mass is 16.1. The minimum Gasteiger partial charge on any atom is -0.294 e. The van der Waals surface area contributed by atoms with Gasteiger partial charge in [-0.25, -0.2) is 0 Å². The van der Waals surface area contributed by atoms with Gasteiger partial charge in [0.15, 0.2) is 11.6 Å². The molecule has 0 amide bonds. The van der Waals surface area contributed by atoms with Crippen LogP contribution in [-0.4, -0.2) is 23.3 Å². The van der Waals surface area contributed by atoms with E-state index in [-0.39, 0.29) is 24.0 Å². The Morgan fingerprint density at radius 2 is 1.56 bits per heavy atom. The van der Waals surface area contributed by atoms with E-state index < -0.39 is 0 Å². The van der Waals surface area contributed by atoms with Crippen LogP contribution in [0.25, 0.3) is 10.8 Å². The standard InChI is InChI=1S/C23H18N2O2/c1-14-12-20(24-25(14)15-6-3-2-4-7-15)16-10-11-19-22(27)13-21(26)18-9-5-8-17(16)23(18)19/h2-11,14H,12-13H2,1H3. The second-order valence-electron chi connectivity index (χ2n) is 7.19. The molecule has 3 aromatic rings. The van der Waals surface area contributed by atoms with Crippen molar-refractivity contribution in [2.45, 2.75) is 25.8 Å². The Morgan fingerprint density at radius 1 is 0.852 bits per heavy atom. The Balaban J connectivity index is 1.68. The van der Waals surface area contributed by atoms with Gasteiger partial charge in [-0.05, 0) is 24.4 Å². The number of ketones is 2. The average molecular weight is 354 g/mol. The molecule has 0 fully saturated rings. The smallest absolute Gasteiger partial charge is 0.171 e. The largest absolute Gasteiger partial charge is 0.294 e. The molecule has 3 aromatic carbocycles. The first-order chi connectivity index (χ1) is 13.1. The van der Waals surface area contributed by atoms with Gasteiger partial charge in [0, 0.05) is 28.5 Å². The average Bonchev–Trinajstić information content (AvgIpc) is 3.07. The Labute approximate surface area is 157 Å². The van der Waals surface area contributed by atoms with E-state index in [4.69, 9.17) is 5.10 Å². The summed E-state index contributed by atoms with van der Waals surface area (Å²) < 4.78 is 0. The molecule has 1 unspecified atom stereocenters. The number of Topliss-reactive ketones (excluding diaryl/α,β-unsaturated/α-hetero) is 2. The summed E-state index contributed by atoms with van der Waals surface area (Å²) in [5, 5.41) is 8.64. The highest BCUT2D eigenvalue weighted by Crippen LogP contribution is 2.34. The first kappa shape index (κ1) is 15.9. The van der Waals surface area contributed by atoms with E-state index in [2.05, 4.69) is 19.1 Å². The Hall–Kier alpha value is -3.27. The third-order valence-electron chi connectivity index (χ3n) is 5.43. The number of hydrazone groups is 1. The molecule has 5 rings (SSSR count). The van der Waals surface area contributed by atoms with Crippen molar-refractivity contribution in [2.75, 3.05) is 5.01 Å². The molecule has 1 atom stereocenters. The van der Waals surface area contributed by atoms with Gasteiger partial charge in [-0.3, -0.25) is 14.6 Å². The fraction of sp³-hybridized carbons (Fsp3) is 0.174. The van der Waals surface area contributed by atoms with E-state index in [1.807, 2.05) is 53.5 Å². The van der Waals surface area contributed by atoms with Gasteiger partial charge < -0.3 is 0 Å². The lowest BCUT2D eigenvalue weighted by molar-refractivity contribution is 0.0890. The summed E-state index contributed by atoms with van der Waals surface area (Å²) in [5.41, 5.74) is 4.35. The zero-order valence-electron chi connectivity index (χ0n) is 15.0. The first-order valence-corrected chi connectivity index (χ1v) is 9.18. The Bertz CT molecular complexity index is 1110. The van der Waals surface area contributed by atoms with E-state index in [0.29, 0.717) is 11.1 Å². The summed E-state index contributed by atoms with van der Waals surface area (Å²) in [6.07, 6.45) is 0.778. The molecule has 27 heavy (non-hydrogen) atoms. The fourth-order valence-electron chi connectivity index (χ4n) is 4.15. The fourth-order valence-corrected chi connectivity index (χ4v) is 4.15. The maximum Gasteiger partial charge on any atom is 0.171 e. The van der Waals surface area contributed by atoms with Gasteiger partial charge in [0.2, 0.25) is 0 Å². The van der Waals surface area contributed by atoms with Crippen molar-refractivity contribution in [3.63, 3.8) is 0 Å². The van der Waals surface area contributed by atoms with Crippen LogP contribution in [-0.2, 0) is 0 Å². The Kier molecular flexibility index (Phi) is 3.47. The van der Waals surface area contributed by atoms with Crippen molar-refractivity contribution in [1.29, 1.82) is 0 Å². The molecule has 1 aliphatic carbocycles. The zero-order valence-corrected chi connectivity index (χ0v) is 15.0. The van der Waals surface area contributed by atoms with Gasteiger partial charge >= 0.3 is 0 Å². The van der Waals surface area contributed by atoms with E-state index in [9.17, 15) is 9.59 Å². The van der Waals surface area contributed by atoms with Gasteiger partial charge in [0.25, 0.3) is 0 Å². The predicted molar refractivity (Wildman–Crippen MR) is 107 cm³/mol. The quantitative estimate of drug-likeness (QED) is 0.631. The maximum atomic E-state index is 12.3. The third kappa shape index (κ3) is 2.40. The summed E-state index contributed by atoms with van der Waals surface area (Å²) in [6, 6.07) is 19.9. The molecule has 2 aliphatic rings. The second kappa shape index (κ2) is 5.88. The molecular weight excluding hydrogens is 336 g/mol. The maximum absolute atomic E-state index is 12.3. The summed E-state index contributed by atoms with van der Waals surface area (Å²) in [7, 11) is 0. The zero-order chi connectivity index (χ0) is 18.5.